The molecule has 0 fully saturated rings. The molecule has 0 aliphatic heterocycles. The van der Waals surface area contributed by atoms with Crippen LogP contribution in [0.1, 0.15) is 93.1 Å². The van der Waals surface area contributed by atoms with Gasteiger partial charge in [-0.05, 0) is 31.5 Å². The fourth-order valence-corrected chi connectivity index (χ4v) is 4.76. The van der Waals surface area contributed by atoms with Crippen molar-refractivity contribution in [3.63, 3.8) is 0 Å². The maximum atomic E-state index is 13.1. The van der Waals surface area contributed by atoms with E-state index in [1.54, 1.807) is 38.1 Å². The Morgan fingerprint density at radius 3 is 2.00 bits per heavy atom. The number of carbonyl (C=O) groups excluding carboxylic acids is 7. The third-order valence-corrected chi connectivity index (χ3v) is 8.31. The molecule has 0 heterocycles. The van der Waals surface area contributed by atoms with E-state index in [1.165, 1.54) is 20.8 Å². The van der Waals surface area contributed by atoms with Gasteiger partial charge in [-0.2, -0.15) is 0 Å². The molecule has 1 rings (SSSR count). The molecule has 291 valence electrons. The maximum absolute atomic E-state index is 13.1. The Balaban J connectivity index is 2.49. The second-order valence-electron chi connectivity index (χ2n) is 13.7. The fraction of sp³-hybridized carbons (Fsp3) is 0.639. The molecule has 5 amide bonds. The van der Waals surface area contributed by atoms with Crippen molar-refractivity contribution in [1.82, 2.24) is 21.3 Å². The molecule has 16 heteroatoms. The number of amides is 5. The van der Waals surface area contributed by atoms with Crippen molar-refractivity contribution in [1.29, 1.82) is 0 Å². The van der Waals surface area contributed by atoms with Crippen molar-refractivity contribution in [3.05, 3.63) is 29.8 Å². The van der Waals surface area contributed by atoms with Gasteiger partial charge in [0.05, 0.1) is 6.54 Å². The summed E-state index contributed by atoms with van der Waals surface area (Å²) in [5.41, 5.74) is 0.600. The van der Waals surface area contributed by atoms with Crippen LogP contribution < -0.4 is 26.6 Å². The van der Waals surface area contributed by atoms with Crippen LogP contribution in [0.4, 0.5) is 10.5 Å². The summed E-state index contributed by atoms with van der Waals surface area (Å²) < 4.78 is 16.2. The summed E-state index contributed by atoms with van der Waals surface area (Å²) in [6.07, 6.45) is 0.640. The summed E-state index contributed by atoms with van der Waals surface area (Å²) in [6.45, 7) is 14.4. The number of ether oxygens (including phenoxy) is 3. The van der Waals surface area contributed by atoms with Crippen molar-refractivity contribution in [3.8, 4) is 0 Å². The summed E-state index contributed by atoms with van der Waals surface area (Å²) in [4.78, 5) is 84.2. The number of anilines is 1. The standard InChI is InChI=1S/C36H56N5O10Se/c1-23(2)31(33(47)39-26(5)32(46)40-28-12-10-27(11-13-28)22-49-34(48)38-21-25(4)43)41-30(45)15-16-36(8,52)51-19-17-35(6,7)50-20-18-37-29(44)14-9-24(3)42/h10-13,23,26,31H,9,14-22H2,1-8H3,(H,37,44)(H,38,48)(H,39,47)(H,40,46)(H,41,45). The first-order valence-corrected chi connectivity index (χ1v) is 18.2. The minimum atomic E-state index is -0.912. The average molecular weight is 798 g/mol. The van der Waals surface area contributed by atoms with Crippen LogP contribution in [0.3, 0.4) is 0 Å². The van der Waals surface area contributed by atoms with Crippen LogP contribution in [0.5, 0.6) is 0 Å². The SMILES string of the molecule is CC(=O)CCC(=O)NCCOC(C)(C)CCOC(C)([Se])CCC(=O)NC(C(=O)NC(C)C(=O)Nc1ccc(COC(=O)NCC(C)=O)cc1)C(C)C. The molecular formula is C36H56N5O10Se. The Morgan fingerprint density at radius 1 is 0.750 bits per heavy atom. The van der Waals surface area contributed by atoms with Crippen LogP contribution in [0.25, 0.3) is 0 Å². The molecule has 1 aromatic rings. The van der Waals surface area contributed by atoms with Crippen molar-refractivity contribution < 1.29 is 47.8 Å². The zero-order valence-electron chi connectivity index (χ0n) is 31.6. The molecule has 0 spiro atoms. The van der Waals surface area contributed by atoms with Crippen LogP contribution >= 0.6 is 0 Å². The number of carbonyl (C=O) groups is 7. The van der Waals surface area contributed by atoms with Crippen molar-refractivity contribution in [2.24, 2.45) is 5.92 Å². The van der Waals surface area contributed by atoms with Gasteiger partial charge >= 0.3 is 223 Å². The van der Waals surface area contributed by atoms with Gasteiger partial charge < -0.3 is 14.8 Å². The molecule has 52 heavy (non-hydrogen) atoms. The van der Waals surface area contributed by atoms with Gasteiger partial charge in [-0.25, -0.2) is 4.79 Å². The van der Waals surface area contributed by atoms with Crippen LogP contribution in [0.2, 0.25) is 0 Å². The number of benzene rings is 1. The van der Waals surface area contributed by atoms with E-state index in [2.05, 4.69) is 42.6 Å². The van der Waals surface area contributed by atoms with E-state index in [-0.39, 0.29) is 61.7 Å². The van der Waals surface area contributed by atoms with Crippen LogP contribution in [0, 0.1) is 5.92 Å². The Morgan fingerprint density at radius 2 is 1.40 bits per heavy atom. The topological polar surface area (TPSA) is 207 Å². The van der Waals surface area contributed by atoms with E-state index in [0.29, 0.717) is 43.9 Å². The first-order chi connectivity index (χ1) is 24.2. The monoisotopic (exact) mass is 798 g/mol. The predicted octanol–water partition coefficient (Wildman–Crippen LogP) is 2.44. The van der Waals surface area contributed by atoms with Gasteiger partial charge in [-0.3, -0.25) is 4.79 Å². The molecule has 5 N–H and O–H groups in total. The number of alkyl carbamates (subject to hydrolysis) is 1. The molecular weight excluding hydrogens is 741 g/mol. The second kappa shape index (κ2) is 22.9. The number of Topliss-reactive ketones (excluding diaryl/α,β-unsaturated/α-hetero) is 2. The Kier molecular flexibility index (Phi) is 20.4. The van der Waals surface area contributed by atoms with Crippen molar-refractivity contribution in [2.45, 2.75) is 116 Å². The zero-order valence-corrected chi connectivity index (χ0v) is 33.3. The Bertz CT molecular complexity index is 1370. The molecule has 15 nitrogen and oxygen atoms in total. The van der Waals surface area contributed by atoms with Crippen LogP contribution in [-0.2, 0) is 49.6 Å². The first kappa shape index (κ1) is 46.2. The van der Waals surface area contributed by atoms with Crippen molar-refractivity contribution >= 4 is 63.0 Å². The van der Waals surface area contributed by atoms with Gasteiger partial charge in [0.2, 0.25) is 0 Å². The number of ketones is 2. The van der Waals surface area contributed by atoms with E-state index in [4.69, 9.17) is 14.2 Å². The molecule has 0 saturated carbocycles. The molecule has 0 aromatic heterocycles. The zero-order chi connectivity index (χ0) is 39.5. The van der Waals surface area contributed by atoms with E-state index < -0.39 is 40.1 Å². The average Bonchev–Trinajstić information content (AvgIpc) is 3.05. The molecule has 1 radical (unpaired) electrons. The molecule has 3 atom stereocenters. The summed E-state index contributed by atoms with van der Waals surface area (Å²) in [5.74, 6) is -1.99. The number of hydrogen-bond acceptors (Lipinski definition) is 10. The molecule has 0 saturated heterocycles. The summed E-state index contributed by atoms with van der Waals surface area (Å²) >= 11 is 2.99. The minimum absolute atomic E-state index is 0.0281. The van der Waals surface area contributed by atoms with E-state index >= 15 is 0 Å². The van der Waals surface area contributed by atoms with Crippen LogP contribution in [0.15, 0.2) is 24.3 Å². The third-order valence-electron chi connectivity index (χ3n) is 7.63. The van der Waals surface area contributed by atoms with Gasteiger partial charge in [0.15, 0.2) is 0 Å². The summed E-state index contributed by atoms with van der Waals surface area (Å²) in [7, 11) is 0. The summed E-state index contributed by atoms with van der Waals surface area (Å²) in [6, 6.07) is 4.78. The number of hydrogen-bond donors (Lipinski definition) is 5. The van der Waals surface area contributed by atoms with Gasteiger partial charge in [-0.1, -0.05) is 12.1 Å². The quantitative estimate of drug-likeness (QED) is 0.0763. The molecule has 0 aliphatic rings. The van der Waals surface area contributed by atoms with Crippen LogP contribution in [-0.4, -0.2) is 106 Å². The van der Waals surface area contributed by atoms with Gasteiger partial charge in [0.1, 0.15) is 18.2 Å². The predicted molar refractivity (Wildman–Crippen MR) is 195 cm³/mol. The fourth-order valence-electron chi connectivity index (χ4n) is 4.37. The van der Waals surface area contributed by atoms with Gasteiger partial charge in [-0.15, -0.1) is 0 Å². The molecule has 0 bridgehead atoms. The second-order valence-corrected chi connectivity index (χ2v) is 15.5. The number of nitrogens with one attached hydrogen (secondary N) is 5. The molecule has 3 unspecified atom stereocenters. The van der Waals surface area contributed by atoms with E-state index in [0.717, 1.165) is 0 Å². The normalized spacial score (nSPS) is 13.6. The third kappa shape index (κ3) is 20.9. The first-order valence-electron chi connectivity index (χ1n) is 17.3. The van der Waals surface area contributed by atoms with E-state index in [1.807, 2.05) is 20.8 Å². The van der Waals surface area contributed by atoms with Gasteiger partial charge in [0, 0.05) is 0 Å². The Hall–Kier alpha value is -3.85. The van der Waals surface area contributed by atoms with Gasteiger partial charge in [0.25, 0.3) is 0 Å². The molecule has 0 aliphatic carbocycles. The number of rotatable bonds is 24. The Labute approximate surface area is 315 Å². The summed E-state index contributed by atoms with van der Waals surface area (Å²) in [5, 5.41) is 13.2. The molecule has 1 aromatic carbocycles. The van der Waals surface area contributed by atoms with Crippen molar-refractivity contribution in [2.75, 3.05) is 31.6 Å². The van der Waals surface area contributed by atoms with E-state index in [9.17, 15) is 33.6 Å².